The fraction of sp³-hybridized carbons (Fsp3) is 0.875. The highest BCUT2D eigenvalue weighted by molar-refractivity contribution is 5.71. The third kappa shape index (κ3) is 3.11. The fourth-order valence-electron chi connectivity index (χ4n) is 1.28. The van der Waals surface area contributed by atoms with Gasteiger partial charge in [-0.2, -0.15) is 0 Å². The van der Waals surface area contributed by atoms with Gasteiger partial charge in [-0.15, -0.1) is 0 Å². The van der Waals surface area contributed by atoms with Gasteiger partial charge in [0, 0.05) is 6.92 Å². The van der Waals surface area contributed by atoms with E-state index in [4.69, 9.17) is 14.7 Å². The van der Waals surface area contributed by atoms with Crippen molar-refractivity contribution in [3.63, 3.8) is 0 Å². The maximum Gasteiger partial charge on any atom is 0.240 e. The summed E-state index contributed by atoms with van der Waals surface area (Å²) in [6.07, 6.45) is -4.10. The van der Waals surface area contributed by atoms with Gasteiger partial charge in [-0.25, -0.2) is 5.48 Å². The average Bonchev–Trinajstić information content (AvgIpc) is 2.20. The summed E-state index contributed by atoms with van der Waals surface area (Å²) in [7, 11) is 0. The van der Waals surface area contributed by atoms with Crippen LogP contribution in [0.25, 0.3) is 0 Å². The molecule has 1 saturated heterocycles. The zero-order valence-corrected chi connectivity index (χ0v) is 8.29. The van der Waals surface area contributed by atoms with Crippen molar-refractivity contribution in [2.24, 2.45) is 0 Å². The van der Waals surface area contributed by atoms with E-state index >= 15 is 0 Å². The number of nitrogens with one attached hydrogen (secondary N) is 1. The van der Waals surface area contributed by atoms with Crippen LogP contribution in [0, 0.1) is 0 Å². The Morgan fingerprint density at radius 2 is 2.20 bits per heavy atom. The number of amides is 1. The summed E-state index contributed by atoms with van der Waals surface area (Å²) in [5, 5.41) is 27.8. The van der Waals surface area contributed by atoms with Crippen LogP contribution in [0.4, 0.5) is 0 Å². The van der Waals surface area contributed by atoms with Crippen molar-refractivity contribution in [3.05, 3.63) is 0 Å². The molecule has 0 bridgehead atoms. The molecule has 1 fully saturated rings. The smallest absolute Gasteiger partial charge is 0.240 e. The van der Waals surface area contributed by atoms with E-state index in [0.29, 0.717) is 0 Å². The van der Waals surface area contributed by atoms with Gasteiger partial charge < -0.3 is 20.1 Å². The maximum absolute atomic E-state index is 10.5. The summed E-state index contributed by atoms with van der Waals surface area (Å²) in [4.78, 5) is 15.3. The minimum absolute atomic E-state index is 0.0102. The predicted octanol–water partition coefficient (Wildman–Crippen LogP) is -2.46. The molecule has 0 saturated carbocycles. The quantitative estimate of drug-likeness (QED) is 0.393. The van der Waals surface area contributed by atoms with Crippen molar-refractivity contribution in [1.82, 2.24) is 5.48 Å². The Balaban J connectivity index is 2.45. The summed E-state index contributed by atoms with van der Waals surface area (Å²) >= 11 is 0. The number of carbonyl (C=O) groups is 1. The molecule has 1 heterocycles. The fourth-order valence-corrected chi connectivity index (χ4v) is 1.28. The van der Waals surface area contributed by atoms with Crippen molar-refractivity contribution in [2.45, 2.75) is 31.3 Å². The van der Waals surface area contributed by atoms with Crippen LogP contribution in [0.15, 0.2) is 0 Å². The first kappa shape index (κ1) is 12.3. The highest BCUT2D eigenvalue weighted by atomic mass is 16.7. The number of ether oxygens (including phenoxy) is 1. The first-order valence-corrected chi connectivity index (χ1v) is 4.57. The van der Waals surface area contributed by atoms with Crippen LogP contribution in [-0.4, -0.2) is 58.9 Å². The van der Waals surface area contributed by atoms with Gasteiger partial charge in [-0.05, 0) is 0 Å². The van der Waals surface area contributed by atoms with Gasteiger partial charge in [0.1, 0.15) is 24.4 Å². The number of aliphatic hydroxyl groups is 3. The summed E-state index contributed by atoms with van der Waals surface area (Å²) in [6, 6.07) is 0. The second kappa shape index (κ2) is 5.38. The molecule has 1 rings (SSSR count). The molecular formula is C8H15NO6. The Morgan fingerprint density at radius 1 is 1.53 bits per heavy atom. The zero-order valence-electron chi connectivity index (χ0n) is 8.29. The van der Waals surface area contributed by atoms with Gasteiger partial charge in [0.2, 0.25) is 5.91 Å². The lowest BCUT2D eigenvalue weighted by Gasteiger charge is -2.35. The number of aliphatic hydroxyl groups excluding tert-OH is 3. The number of hydroxylamine groups is 1. The molecule has 88 valence electrons. The molecule has 15 heavy (non-hydrogen) atoms. The molecule has 0 aromatic heterocycles. The average molecular weight is 221 g/mol. The molecule has 7 heteroatoms. The second-order valence-corrected chi connectivity index (χ2v) is 3.35. The SMILES string of the molecule is CC(=O)NO[C@H]1CO[C@H](CO)[C@@H](O)[C@@H]1O. The monoisotopic (exact) mass is 221 g/mol. The Bertz CT molecular complexity index is 223. The lowest BCUT2D eigenvalue weighted by Crippen LogP contribution is -2.56. The predicted molar refractivity (Wildman–Crippen MR) is 47.5 cm³/mol. The number of carbonyl (C=O) groups excluding carboxylic acids is 1. The van der Waals surface area contributed by atoms with Gasteiger partial charge in [-0.1, -0.05) is 0 Å². The molecule has 4 N–H and O–H groups in total. The summed E-state index contributed by atoms with van der Waals surface area (Å²) in [5.74, 6) is -0.416. The highest BCUT2D eigenvalue weighted by Crippen LogP contribution is 2.16. The topological polar surface area (TPSA) is 108 Å². The highest BCUT2D eigenvalue weighted by Gasteiger charge is 2.39. The van der Waals surface area contributed by atoms with E-state index in [1.807, 2.05) is 5.48 Å². The summed E-state index contributed by atoms with van der Waals surface area (Å²) in [5.41, 5.74) is 2.05. The van der Waals surface area contributed by atoms with E-state index in [0.717, 1.165) is 0 Å². The van der Waals surface area contributed by atoms with E-state index in [1.54, 1.807) is 0 Å². The van der Waals surface area contributed by atoms with Crippen molar-refractivity contribution in [3.8, 4) is 0 Å². The maximum atomic E-state index is 10.5. The first-order valence-electron chi connectivity index (χ1n) is 4.57. The molecule has 0 unspecified atom stereocenters. The molecule has 0 spiro atoms. The van der Waals surface area contributed by atoms with Gasteiger partial charge >= 0.3 is 0 Å². The second-order valence-electron chi connectivity index (χ2n) is 3.35. The van der Waals surface area contributed by atoms with Crippen LogP contribution in [0.3, 0.4) is 0 Å². The standard InChI is InChI=1S/C8H15NO6/c1-4(11)9-15-6-3-14-5(2-10)7(12)8(6)13/h5-8,10,12-13H,2-3H2,1H3,(H,9,11)/t5-,6+,7-,8-/m1/s1. The van der Waals surface area contributed by atoms with Crippen LogP contribution in [-0.2, 0) is 14.4 Å². The normalized spacial score (nSPS) is 36.3. The summed E-state index contributed by atoms with van der Waals surface area (Å²) < 4.78 is 5.02. The zero-order chi connectivity index (χ0) is 11.4. The van der Waals surface area contributed by atoms with Gasteiger partial charge in [0.25, 0.3) is 0 Å². The largest absolute Gasteiger partial charge is 0.394 e. The third-order valence-electron chi connectivity index (χ3n) is 2.12. The number of hydrogen-bond acceptors (Lipinski definition) is 6. The molecule has 0 aromatic rings. The molecule has 1 amide bonds. The molecular weight excluding hydrogens is 206 g/mol. The van der Waals surface area contributed by atoms with Crippen LogP contribution >= 0.6 is 0 Å². The Labute approximate surface area is 86.6 Å². The number of hydrogen-bond donors (Lipinski definition) is 4. The molecule has 1 aliphatic rings. The van der Waals surface area contributed by atoms with Crippen LogP contribution in [0.2, 0.25) is 0 Å². The minimum atomic E-state index is -1.23. The van der Waals surface area contributed by atoms with Crippen LogP contribution in [0.5, 0.6) is 0 Å². The van der Waals surface area contributed by atoms with Crippen molar-refractivity contribution in [2.75, 3.05) is 13.2 Å². The van der Waals surface area contributed by atoms with E-state index in [1.165, 1.54) is 6.92 Å². The van der Waals surface area contributed by atoms with Gasteiger partial charge in [0.15, 0.2) is 0 Å². The Kier molecular flexibility index (Phi) is 4.43. The van der Waals surface area contributed by atoms with Crippen molar-refractivity contribution >= 4 is 5.91 Å². The molecule has 0 aromatic carbocycles. The lowest BCUT2D eigenvalue weighted by atomic mass is 10.0. The molecule has 0 aliphatic carbocycles. The number of rotatable bonds is 3. The third-order valence-corrected chi connectivity index (χ3v) is 2.12. The first-order chi connectivity index (χ1) is 7.06. The minimum Gasteiger partial charge on any atom is -0.394 e. The van der Waals surface area contributed by atoms with E-state index in [9.17, 15) is 15.0 Å². The van der Waals surface area contributed by atoms with E-state index in [2.05, 4.69) is 0 Å². The van der Waals surface area contributed by atoms with Crippen molar-refractivity contribution < 1.29 is 29.7 Å². The van der Waals surface area contributed by atoms with Gasteiger partial charge in [0.05, 0.1) is 13.2 Å². The molecule has 7 nitrogen and oxygen atoms in total. The van der Waals surface area contributed by atoms with Crippen LogP contribution < -0.4 is 5.48 Å². The molecule has 1 aliphatic heterocycles. The lowest BCUT2D eigenvalue weighted by molar-refractivity contribution is -0.222. The van der Waals surface area contributed by atoms with Gasteiger partial charge in [-0.3, -0.25) is 9.63 Å². The van der Waals surface area contributed by atoms with Crippen LogP contribution in [0.1, 0.15) is 6.92 Å². The summed E-state index contributed by atoms with van der Waals surface area (Å²) in [6.45, 7) is 0.859. The molecule has 0 radical (unpaired) electrons. The van der Waals surface area contributed by atoms with E-state index in [-0.39, 0.29) is 13.2 Å². The van der Waals surface area contributed by atoms with Crippen molar-refractivity contribution in [1.29, 1.82) is 0 Å². The Morgan fingerprint density at radius 3 is 2.73 bits per heavy atom. The van der Waals surface area contributed by atoms with E-state index < -0.39 is 30.3 Å². The Hall–Kier alpha value is -0.730. The molecule has 4 atom stereocenters.